The monoisotopic (exact) mass is 878 g/mol. The van der Waals surface area contributed by atoms with Gasteiger partial charge < -0.3 is 10.1 Å². The molecule has 16 heteroatoms. The Hall–Kier alpha value is -6.54. The van der Waals surface area contributed by atoms with Crippen molar-refractivity contribution in [3.63, 3.8) is 0 Å². The second-order valence-electron chi connectivity index (χ2n) is 14.6. The van der Waals surface area contributed by atoms with Gasteiger partial charge in [0.2, 0.25) is 20.0 Å². The number of fused-ring (bicyclic) bond motifs is 2. The number of hydrogen-bond acceptors (Lipinski definition) is 9. The van der Waals surface area contributed by atoms with E-state index >= 15 is 0 Å². The Morgan fingerprint density at radius 2 is 1.15 bits per heavy atom. The summed E-state index contributed by atoms with van der Waals surface area (Å²) in [5.74, 6) is -0.0530. The number of pyridine rings is 2. The van der Waals surface area contributed by atoms with Crippen LogP contribution in [0.3, 0.4) is 0 Å². The molecule has 0 aliphatic heterocycles. The number of carbonyl (C=O) groups is 1. The third-order valence-corrected chi connectivity index (χ3v) is 13.7. The van der Waals surface area contributed by atoms with Crippen molar-refractivity contribution in [1.29, 1.82) is 5.26 Å². The highest BCUT2D eigenvalue weighted by molar-refractivity contribution is 7.90. The third kappa shape index (κ3) is 10.7. The minimum atomic E-state index is -3.98. The van der Waals surface area contributed by atoms with Crippen LogP contribution in [0.25, 0.3) is 22.3 Å². The largest absolute Gasteiger partial charge is 0.387 e. The van der Waals surface area contributed by atoms with Crippen LogP contribution >= 0.6 is 0 Å². The number of nitriles is 1. The molecule has 0 saturated carbocycles. The van der Waals surface area contributed by atoms with Crippen LogP contribution in [0, 0.1) is 23.2 Å². The highest BCUT2D eigenvalue weighted by Gasteiger charge is 2.28. The summed E-state index contributed by atoms with van der Waals surface area (Å²) in [5.41, 5.74) is 7.09. The number of benzene rings is 4. The van der Waals surface area contributed by atoms with Crippen molar-refractivity contribution < 1.29 is 35.1 Å². The van der Waals surface area contributed by atoms with Crippen molar-refractivity contribution in [2.45, 2.75) is 62.9 Å². The fourth-order valence-electron chi connectivity index (χ4n) is 7.42. The first-order chi connectivity index (χ1) is 29.7. The summed E-state index contributed by atoms with van der Waals surface area (Å²) in [6.45, 7) is 3.09. The predicted octanol–water partition coefficient (Wildman–Crippen LogP) is 8.86. The van der Waals surface area contributed by atoms with Crippen molar-refractivity contribution in [3.8, 4) is 34.3 Å². The van der Waals surface area contributed by atoms with Crippen LogP contribution in [0.4, 0.5) is 19.3 Å². The molecule has 4 aromatic carbocycles. The lowest BCUT2D eigenvalue weighted by atomic mass is 9.97. The number of sulfonamides is 2. The van der Waals surface area contributed by atoms with Gasteiger partial charge in [-0.2, -0.15) is 0 Å². The van der Waals surface area contributed by atoms with Crippen molar-refractivity contribution in [2.75, 3.05) is 5.32 Å². The lowest BCUT2D eigenvalue weighted by Gasteiger charge is -2.19. The molecule has 0 spiro atoms. The molecule has 2 aliphatic carbocycles. The van der Waals surface area contributed by atoms with Crippen LogP contribution in [0.15, 0.2) is 122 Å². The molecule has 0 saturated heterocycles. The van der Waals surface area contributed by atoms with Crippen LogP contribution in [0.1, 0.15) is 70.6 Å². The first-order valence-corrected chi connectivity index (χ1v) is 22.8. The second kappa shape index (κ2) is 19.9. The number of amides is 2. The number of hydrogen-bond donors (Lipinski definition) is 3. The summed E-state index contributed by atoms with van der Waals surface area (Å²) in [6.07, 6.45) is 12.4. The lowest BCUT2D eigenvalue weighted by Crippen LogP contribution is -2.37. The smallest absolute Gasteiger partial charge is 0.332 e. The summed E-state index contributed by atoms with van der Waals surface area (Å²) in [6, 6.07) is 26.5. The summed E-state index contributed by atoms with van der Waals surface area (Å²) in [4.78, 5) is 20.6. The van der Waals surface area contributed by atoms with Crippen LogP contribution in [-0.4, -0.2) is 32.8 Å². The number of nitrogens with two attached hydrogens (primary N) is 1. The molecule has 12 nitrogen and oxygen atoms in total. The van der Waals surface area contributed by atoms with E-state index in [4.69, 9.17) is 15.1 Å². The van der Waals surface area contributed by atoms with E-state index in [2.05, 4.69) is 20.0 Å². The van der Waals surface area contributed by atoms with E-state index in [1.807, 2.05) is 6.07 Å². The van der Waals surface area contributed by atoms with E-state index in [0.717, 1.165) is 36.0 Å². The molecule has 2 amide bonds. The molecule has 0 bridgehead atoms. The Balaban J connectivity index is 0.000000175. The van der Waals surface area contributed by atoms with Crippen molar-refractivity contribution in [1.82, 2.24) is 14.7 Å². The van der Waals surface area contributed by atoms with E-state index in [9.17, 15) is 30.4 Å². The Morgan fingerprint density at radius 3 is 1.66 bits per heavy atom. The molecule has 2 atom stereocenters. The fourth-order valence-corrected chi connectivity index (χ4v) is 8.95. The van der Waals surface area contributed by atoms with Crippen molar-refractivity contribution in [3.05, 3.63) is 167 Å². The standard InChI is InChI=1S/C23H22FN3O3S.C15H11FN2O.C8H11NO2S/c1-15(16-6-3-2-4-7-16)31(29,30)27-23(28)26-22-19-9-5-8-18(19)21(24)14-20(22)17-10-12-25-13-11-17;16-14-8-13(10-4-6-18-7-5-10)15(19-9-17)12-3-1-2-11(12)14;1-7(12(9,10)11)8-5-3-2-4-6-8/h2-4,6-7,10-15H,5,8-9H2,1H3,(H2,26,27,28);4-8H,1-3H2;2-7H,1H3,(H2,9,10,11). The minimum Gasteiger partial charge on any atom is -0.387 e. The van der Waals surface area contributed by atoms with E-state index < -0.39 is 36.6 Å². The molecule has 0 fully saturated rings. The maximum absolute atomic E-state index is 14.7. The quantitative estimate of drug-likeness (QED) is 0.119. The van der Waals surface area contributed by atoms with Gasteiger partial charge in [0, 0.05) is 41.5 Å². The third-order valence-electron chi connectivity index (χ3n) is 10.7. The number of ether oxygens (including phenoxy) is 1. The van der Waals surface area contributed by atoms with Gasteiger partial charge in [-0.1, -0.05) is 60.7 Å². The van der Waals surface area contributed by atoms with E-state index in [0.29, 0.717) is 69.6 Å². The topological polar surface area (TPSA) is 194 Å². The summed E-state index contributed by atoms with van der Waals surface area (Å²) in [5, 5.41) is 14.9. The number of nitrogens with zero attached hydrogens (tertiary/aromatic N) is 3. The first kappa shape index (κ1) is 45.0. The van der Waals surface area contributed by atoms with Gasteiger partial charge in [0.1, 0.15) is 16.9 Å². The van der Waals surface area contributed by atoms with Gasteiger partial charge in [-0.3, -0.25) is 9.97 Å². The van der Waals surface area contributed by atoms with Crippen LogP contribution < -0.4 is 19.9 Å². The molecule has 2 aromatic heterocycles. The zero-order chi connectivity index (χ0) is 44.4. The van der Waals surface area contributed by atoms with Gasteiger partial charge >= 0.3 is 6.03 Å². The average molecular weight is 879 g/mol. The van der Waals surface area contributed by atoms with E-state index in [1.54, 1.807) is 117 Å². The van der Waals surface area contributed by atoms with Crippen molar-refractivity contribution in [2.24, 2.45) is 5.14 Å². The Morgan fingerprint density at radius 1 is 0.694 bits per heavy atom. The molecule has 4 N–H and O–H groups in total. The Labute approximate surface area is 359 Å². The number of nitrogens with one attached hydrogen (secondary N) is 2. The summed E-state index contributed by atoms with van der Waals surface area (Å²) >= 11 is 0. The van der Waals surface area contributed by atoms with Crippen LogP contribution in [0.5, 0.6) is 5.75 Å². The average Bonchev–Trinajstić information content (AvgIpc) is 3.99. The number of aromatic nitrogens is 2. The molecular weight excluding hydrogens is 835 g/mol. The molecule has 8 rings (SSSR count). The van der Waals surface area contributed by atoms with Gasteiger partial charge in [-0.15, -0.1) is 5.26 Å². The summed E-state index contributed by atoms with van der Waals surface area (Å²) in [7, 11) is -7.43. The normalized spacial score (nSPS) is 13.7. The van der Waals surface area contributed by atoms with Gasteiger partial charge in [-0.05, 0) is 128 Å². The molecule has 2 heterocycles. The molecule has 2 unspecified atom stereocenters. The lowest BCUT2D eigenvalue weighted by molar-refractivity contribution is 0.256. The maximum atomic E-state index is 14.7. The zero-order valence-corrected chi connectivity index (χ0v) is 35.5. The zero-order valence-electron chi connectivity index (χ0n) is 33.9. The number of halogens is 2. The van der Waals surface area contributed by atoms with Gasteiger partial charge in [0.05, 0.1) is 10.9 Å². The predicted molar refractivity (Wildman–Crippen MR) is 233 cm³/mol. The number of primary sulfonamides is 1. The van der Waals surface area contributed by atoms with Gasteiger partial charge in [-0.25, -0.2) is 40.3 Å². The summed E-state index contributed by atoms with van der Waals surface area (Å²) < 4.78 is 83.3. The highest BCUT2D eigenvalue weighted by Crippen LogP contribution is 2.41. The Kier molecular flexibility index (Phi) is 14.4. The number of anilines is 1. The van der Waals surface area contributed by atoms with E-state index in [-0.39, 0.29) is 11.6 Å². The maximum Gasteiger partial charge on any atom is 0.332 e. The SMILES string of the molecule is CC(c1ccccc1)S(=O)(=O)NC(=O)Nc1c(-c2ccncc2)cc(F)c2c1CCC2.CC(c1ccccc1)S(N)(=O)=O.N#COc1c(-c2ccncc2)cc(F)c2c1CCC2. The van der Waals surface area contributed by atoms with E-state index in [1.165, 1.54) is 19.1 Å². The van der Waals surface area contributed by atoms with Crippen LogP contribution in [-0.2, 0) is 45.7 Å². The first-order valence-electron chi connectivity index (χ1n) is 19.7. The number of carbonyl (C=O) groups excluding carboxylic acids is 1. The van der Waals surface area contributed by atoms with Crippen molar-refractivity contribution >= 4 is 31.8 Å². The molecular formula is C46H44F2N6O6S2. The molecule has 2 aliphatic rings. The molecule has 0 radical (unpaired) electrons. The minimum absolute atomic E-state index is 0.218. The molecule has 6 aromatic rings. The fraction of sp³-hybridized carbons (Fsp3) is 0.217. The van der Waals surface area contributed by atoms with Gasteiger partial charge in [0.15, 0.2) is 5.75 Å². The Bertz CT molecular complexity index is 2800. The van der Waals surface area contributed by atoms with Gasteiger partial charge in [0.25, 0.3) is 6.26 Å². The molecule has 62 heavy (non-hydrogen) atoms. The number of urea groups is 1. The molecule has 320 valence electrons. The van der Waals surface area contributed by atoms with Crippen LogP contribution in [0.2, 0.25) is 0 Å². The highest BCUT2D eigenvalue weighted by atomic mass is 32.2. The second-order valence-corrected chi connectivity index (χ2v) is 18.5. The number of rotatable bonds is 9.